The minimum atomic E-state index is 0.579. The van der Waals surface area contributed by atoms with E-state index in [4.69, 9.17) is 0 Å². The monoisotopic (exact) mass is 139 g/mol. The molecule has 1 heteroatoms. The van der Waals surface area contributed by atoms with Gasteiger partial charge in [0, 0.05) is 12.6 Å². The number of hydrogen-bond acceptors (Lipinski definition) is 1. The lowest BCUT2D eigenvalue weighted by atomic mass is 9.92. The first-order valence-electron chi connectivity index (χ1n) is 4.12. The highest BCUT2D eigenvalue weighted by atomic mass is 14.9. The third-order valence-corrected chi connectivity index (χ3v) is 2.18. The summed E-state index contributed by atoms with van der Waals surface area (Å²) in [6.45, 7) is 7.88. The molecule has 1 heterocycles. The molecule has 0 aromatic carbocycles. The van der Waals surface area contributed by atoms with E-state index in [0.717, 1.165) is 18.4 Å². The van der Waals surface area contributed by atoms with Crippen molar-refractivity contribution in [3.8, 4) is 0 Å². The molecular formula is C9H17N. The Morgan fingerprint density at radius 1 is 1.40 bits per heavy atom. The molecule has 0 aromatic rings. The molecule has 0 fully saturated rings. The quantitative estimate of drug-likeness (QED) is 0.546. The van der Waals surface area contributed by atoms with Crippen LogP contribution >= 0.6 is 0 Å². The fraction of sp³-hybridized carbons (Fsp3) is 0.778. The van der Waals surface area contributed by atoms with Crippen LogP contribution in [0, 0.1) is 11.8 Å². The standard InChI is InChI=1S/C9H17N/c1-7(2)9-5-4-8(3)10-6-9/h4-5,7-10H,6H2,1-3H3. The van der Waals surface area contributed by atoms with Crippen molar-refractivity contribution in [3.63, 3.8) is 0 Å². The number of rotatable bonds is 1. The summed E-state index contributed by atoms with van der Waals surface area (Å²) in [5, 5.41) is 3.43. The van der Waals surface area contributed by atoms with Gasteiger partial charge in [0.05, 0.1) is 0 Å². The van der Waals surface area contributed by atoms with Crippen molar-refractivity contribution in [3.05, 3.63) is 12.2 Å². The van der Waals surface area contributed by atoms with Gasteiger partial charge in [-0.25, -0.2) is 0 Å². The molecule has 0 saturated heterocycles. The summed E-state index contributed by atoms with van der Waals surface area (Å²) >= 11 is 0. The predicted molar refractivity (Wildman–Crippen MR) is 44.9 cm³/mol. The van der Waals surface area contributed by atoms with E-state index in [2.05, 4.69) is 38.2 Å². The van der Waals surface area contributed by atoms with E-state index in [1.165, 1.54) is 0 Å². The molecule has 1 aliphatic rings. The molecule has 1 rings (SSSR count). The van der Waals surface area contributed by atoms with Gasteiger partial charge in [0.15, 0.2) is 0 Å². The molecule has 2 atom stereocenters. The smallest absolute Gasteiger partial charge is 0.0222 e. The van der Waals surface area contributed by atoms with Crippen LogP contribution in [-0.2, 0) is 0 Å². The second-order valence-corrected chi connectivity index (χ2v) is 3.49. The minimum absolute atomic E-state index is 0.579. The van der Waals surface area contributed by atoms with Gasteiger partial charge in [-0.1, -0.05) is 26.0 Å². The SMILES string of the molecule is CC1C=CC(C(C)C)CN1. The zero-order chi connectivity index (χ0) is 7.56. The summed E-state index contributed by atoms with van der Waals surface area (Å²) in [5.74, 6) is 1.52. The Morgan fingerprint density at radius 2 is 2.10 bits per heavy atom. The van der Waals surface area contributed by atoms with Gasteiger partial charge < -0.3 is 5.32 Å². The summed E-state index contributed by atoms with van der Waals surface area (Å²) in [6, 6.07) is 0.579. The normalized spacial score (nSPS) is 33.2. The Bertz CT molecular complexity index is 127. The van der Waals surface area contributed by atoms with E-state index in [-0.39, 0.29) is 0 Å². The van der Waals surface area contributed by atoms with Gasteiger partial charge in [0.1, 0.15) is 0 Å². The fourth-order valence-electron chi connectivity index (χ4n) is 1.23. The van der Waals surface area contributed by atoms with Crippen molar-refractivity contribution < 1.29 is 0 Å². The first-order chi connectivity index (χ1) is 4.70. The number of nitrogens with one attached hydrogen (secondary N) is 1. The molecule has 0 aliphatic carbocycles. The summed E-state index contributed by atoms with van der Waals surface area (Å²) in [5.41, 5.74) is 0. The van der Waals surface area contributed by atoms with E-state index in [1.807, 2.05) is 0 Å². The largest absolute Gasteiger partial charge is 0.310 e. The lowest BCUT2D eigenvalue weighted by molar-refractivity contribution is 0.405. The van der Waals surface area contributed by atoms with Gasteiger partial charge >= 0.3 is 0 Å². The second-order valence-electron chi connectivity index (χ2n) is 3.49. The van der Waals surface area contributed by atoms with Gasteiger partial charge in [-0.3, -0.25) is 0 Å². The van der Waals surface area contributed by atoms with Crippen LogP contribution in [0.15, 0.2) is 12.2 Å². The van der Waals surface area contributed by atoms with Crippen LogP contribution in [0.3, 0.4) is 0 Å². The van der Waals surface area contributed by atoms with Crippen LogP contribution in [0.5, 0.6) is 0 Å². The van der Waals surface area contributed by atoms with Crippen LogP contribution < -0.4 is 5.32 Å². The van der Waals surface area contributed by atoms with Crippen LogP contribution in [0.25, 0.3) is 0 Å². The van der Waals surface area contributed by atoms with E-state index in [9.17, 15) is 0 Å². The number of hydrogen-bond donors (Lipinski definition) is 1. The molecule has 0 aromatic heterocycles. The summed E-state index contributed by atoms with van der Waals surface area (Å²) in [7, 11) is 0. The molecule has 1 N–H and O–H groups in total. The van der Waals surface area contributed by atoms with Crippen LogP contribution in [0.1, 0.15) is 20.8 Å². The molecule has 0 spiro atoms. The molecule has 0 radical (unpaired) electrons. The van der Waals surface area contributed by atoms with Gasteiger partial charge in [-0.2, -0.15) is 0 Å². The highest BCUT2D eigenvalue weighted by molar-refractivity contribution is 5.01. The van der Waals surface area contributed by atoms with Crippen LogP contribution in [-0.4, -0.2) is 12.6 Å². The zero-order valence-electron chi connectivity index (χ0n) is 7.09. The van der Waals surface area contributed by atoms with Crippen molar-refractivity contribution in [1.82, 2.24) is 5.32 Å². The molecule has 0 bridgehead atoms. The van der Waals surface area contributed by atoms with Gasteiger partial charge in [0.25, 0.3) is 0 Å². The van der Waals surface area contributed by atoms with Crippen molar-refractivity contribution in [1.29, 1.82) is 0 Å². The van der Waals surface area contributed by atoms with Crippen LogP contribution in [0.4, 0.5) is 0 Å². The average molecular weight is 139 g/mol. The Morgan fingerprint density at radius 3 is 2.50 bits per heavy atom. The minimum Gasteiger partial charge on any atom is -0.310 e. The molecule has 58 valence electrons. The maximum Gasteiger partial charge on any atom is 0.0222 e. The van der Waals surface area contributed by atoms with E-state index in [0.29, 0.717) is 6.04 Å². The molecule has 1 nitrogen and oxygen atoms in total. The summed E-state index contributed by atoms with van der Waals surface area (Å²) < 4.78 is 0. The lowest BCUT2D eigenvalue weighted by Crippen LogP contribution is -2.34. The van der Waals surface area contributed by atoms with Gasteiger partial charge in [0.2, 0.25) is 0 Å². The average Bonchev–Trinajstić information content (AvgIpc) is 1.88. The topological polar surface area (TPSA) is 12.0 Å². The molecule has 2 unspecified atom stereocenters. The first kappa shape index (κ1) is 7.80. The third kappa shape index (κ3) is 1.84. The third-order valence-electron chi connectivity index (χ3n) is 2.18. The maximum atomic E-state index is 3.43. The van der Waals surface area contributed by atoms with Gasteiger partial charge in [-0.05, 0) is 18.8 Å². The molecule has 0 amide bonds. The Hall–Kier alpha value is -0.300. The zero-order valence-corrected chi connectivity index (χ0v) is 7.09. The highest BCUT2D eigenvalue weighted by Crippen LogP contribution is 2.14. The predicted octanol–water partition coefficient (Wildman–Crippen LogP) is 1.81. The van der Waals surface area contributed by atoms with Crippen molar-refractivity contribution in [2.45, 2.75) is 26.8 Å². The summed E-state index contributed by atoms with van der Waals surface area (Å²) in [6.07, 6.45) is 4.60. The maximum absolute atomic E-state index is 3.43. The van der Waals surface area contributed by atoms with Crippen LogP contribution in [0.2, 0.25) is 0 Å². The van der Waals surface area contributed by atoms with E-state index >= 15 is 0 Å². The highest BCUT2D eigenvalue weighted by Gasteiger charge is 2.13. The van der Waals surface area contributed by atoms with E-state index < -0.39 is 0 Å². The van der Waals surface area contributed by atoms with E-state index in [1.54, 1.807) is 0 Å². The molecule has 10 heavy (non-hydrogen) atoms. The Kier molecular flexibility index (Phi) is 2.50. The molecular weight excluding hydrogens is 122 g/mol. The van der Waals surface area contributed by atoms with Crippen molar-refractivity contribution in [2.24, 2.45) is 11.8 Å². The van der Waals surface area contributed by atoms with Gasteiger partial charge in [-0.15, -0.1) is 0 Å². The lowest BCUT2D eigenvalue weighted by Gasteiger charge is -2.24. The molecule has 0 saturated carbocycles. The molecule has 1 aliphatic heterocycles. The van der Waals surface area contributed by atoms with Crippen molar-refractivity contribution in [2.75, 3.05) is 6.54 Å². The van der Waals surface area contributed by atoms with Crippen molar-refractivity contribution >= 4 is 0 Å². The second kappa shape index (κ2) is 3.20. The first-order valence-corrected chi connectivity index (χ1v) is 4.12. The Labute approximate surface area is 63.5 Å². The fourth-order valence-corrected chi connectivity index (χ4v) is 1.23. The summed E-state index contributed by atoms with van der Waals surface area (Å²) in [4.78, 5) is 0. The Balaban J connectivity index is 2.45.